The van der Waals surface area contributed by atoms with E-state index in [1.165, 1.54) is 47.3 Å². The van der Waals surface area contributed by atoms with Gasteiger partial charge in [0.05, 0.1) is 6.54 Å². The van der Waals surface area contributed by atoms with Gasteiger partial charge in [-0.2, -0.15) is 9.47 Å². The van der Waals surface area contributed by atoms with E-state index in [9.17, 15) is 18.3 Å². The second kappa shape index (κ2) is 8.77. The molecule has 160 valence electrons. The van der Waals surface area contributed by atoms with Crippen molar-refractivity contribution in [1.82, 2.24) is 24.1 Å². The Balaban J connectivity index is 1.63. The third kappa shape index (κ3) is 4.63. The summed E-state index contributed by atoms with van der Waals surface area (Å²) in [5.41, 5.74) is -1.16. The summed E-state index contributed by atoms with van der Waals surface area (Å²) in [4.78, 5) is 8.30. The fraction of sp³-hybridized carbons (Fsp3) is 0.200. The molecule has 0 fully saturated rings. The second-order valence-corrected chi connectivity index (χ2v) is 9.13. The Labute approximate surface area is 184 Å². The number of rotatable bonds is 7. The lowest BCUT2D eigenvalue weighted by atomic mass is 9.90. The first-order chi connectivity index (χ1) is 14.8. The smallest absolute Gasteiger partial charge is 0.174 e. The van der Waals surface area contributed by atoms with E-state index < -0.39 is 22.5 Å². The van der Waals surface area contributed by atoms with Crippen LogP contribution in [-0.4, -0.2) is 34.5 Å². The number of benzene rings is 2. The summed E-state index contributed by atoms with van der Waals surface area (Å²) in [6.45, 7) is 1.61. The Morgan fingerprint density at radius 1 is 1.13 bits per heavy atom. The number of hydrogen-bond acceptors (Lipinski definition) is 7. The van der Waals surface area contributed by atoms with Gasteiger partial charge in [0.2, 0.25) is 0 Å². The number of aliphatic hydroxyl groups is 1. The van der Waals surface area contributed by atoms with Crippen LogP contribution in [0.1, 0.15) is 12.5 Å². The third-order valence-corrected chi connectivity index (χ3v) is 6.79. The molecule has 4 rings (SSSR count). The SMILES string of the molecule is C[C@@H](Sc1nc(-c2ccc(F)cc2)ns1)C(O)(Cn1cncn1)c1ccc(F)cc1F. The maximum absolute atomic E-state index is 14.6. The van der Waals surface area contributed by atoms with Crippen LogP contribution in [0.3, 0.4) is 0 Å². The quantitative estimate of drug-likeness (QED) is 0.412. The highest BCUT2D eigenvalue weighted by atomic mass is 32.2. The van der Waals surface area contributed by atoms with Crippen molar-refractivity contribution in [2.45, 2.75) is 28.7 Å². The van der Waals surface area contributed by atoms with Crippen molar-refractivity contribution in [1.29, 1.82) is 0 Å². The molecular weight excluding hydrogens is 447 g/mol. The standard InChI is InChI=1S/C20H16F3N5OS2/c1-12(30-19-26-18(27-31-19)13-2-4-14(21)5-3-13)20(29,9-28-11-24-10-25-28)16-7-6-15(22)8-17(16)23/h2-8,10-12,29H,9H2,1H3/t12-,20?/m1/s1. The van der Waals surface area contributed by atoms with Crippen LogP contribution in [0.4, 0.5) is 13.2 Å². The highest BCUT2D eigenvalue weighted by Gasteiger charge is 2.40. The van der Waals surface area contributed by atoms with Gasteiger partial charge in [-0.05, 0) is 48.8 Å². The van der Waals surface area contributed by atoms with Crippen LogP contribution in [0.15, 0.2) is 59.5 Å². The molecule has 6 nitrogen and oxygen atoms in total. The second-order valence-electron chi connectivity index (χ2n) is 6.79. The molecule has 0 spiro atoms. The van der Waals surface area contributed by atoms with Gasteiger partial charge in [0.15, 0.2) is 10.2 Å². The first kappa shape index (κ1) is 21.5. The van der Waals surface area contributed by atoms with Gasteiger partial charge >= 0.3 is 0 Å². The zero-order chi connectivity index (χ0) is 22.0. The highest BCUT2D eigenvalue weighted by Crippen LogP contribution is 2.40. The molecule has 2 aromatic carbocycles. The van der Waals surface area contributed by atoms with E-state index in [-0.39, 0.29) is 17.9 Å². The van der Waals surface area contributed by atoms with E-state index in [1.54, 1.807) is 19.1 Å². The summed E-state index contributed by atoms with van der Waals surface area (Å²) in [7, 11) is 0. The zero-order valence-electron chi connectivity index (χ0n) is 16.1. The molecule has 0 amide bonds. The van der Waals surface area contributed by atoms with Gasteiger partial charge in [-0.15, -0.1) is 0 Å². The molecule has 0 aliphatic heterocycles. The van der Waals surface area contributed by atoms with Crippen molar-refractivity contribution in [2.75, 3.05) is 0 Å². The van der Waals surface area contributed by atoms with E-state index >= 15 is 0 Å². The molecule has 2 heterocycles. The molecule has 0 radical (unpaired) electrons. The van der Waals surface area contributed by atoms with E-state index in [2.05, 4.69) is 19.4 Å². The first-order valence-corrected chi connectivity index (χ1v) is 10.8. The van der Waals surface area contributed by atoms with Gasteiger partial charge < -0.3 is 5.11 Å². The Morgan fingerprint density at radius 3 is 2.55 bits per heavy atom. The van der Waals surface area contributed by atoms with Crippen LogP contribution >= 0.6 is 23.3 Å². The van der Waals surface area contributed by atoms with Gasteiger partial charge in [0, 0.05) is 22.4 Å². The molecule has 0 aliphatic rings. The highest BCUT2D eigenvalue weighted by molar-refractivity contribution is 8.01. The van der Waals surface area contributed by atoms with Gasteiger partial charge in [-0.3, -0.25) is 0 Å². The maximum atomic E-state index is 14.6. The summed E-state index contributed by atoms with van der Waals surface area (Å²) >= 11 is 2.31. The lowest BCUT2D eigenvalue weighted by molar-refractivity contribution is 0.0133. The molecule has 0 saturated carbocycles. The van der Waals surface area contributed by atoms with Crippen LogP contribution < -0.4 is 0 Å². The summed E-state index contributed by atoms with van der Waals surface area (Å²) in [5.74, 6) is -1.54. The van der Waals surface area contributed by atoms with Crippen LogP contribution in [0.5, 0.6) is 0 Å². The van der Waals surface area contributed by atoms with E-state index in [4.69, 9.17) is 0 Å². The molecule has 2 atom stereocenters. The van der Waals surface area contributed by atoms with Crippen LogP contribution in [0.2, 0.25) is 0 Å². The lowest BCUT2D eigenvalue weighted by Crippen LogP contribution is -2.41. The monoisotopic (exact) mass is 463 g/mol. The summed E-state index contributed by atoms with van der Waals surface area (Å²) in [5, 5.41) is 14.9. The minimum atomic E-state index is -1.75. The molecule has 4 aromatic rings. The largest absolute Gasteiger partial charge is 0.382 e. The molecule has 1 unspecified atom stereocenters. The molecule has 0 aliphatic carbocycles. The molecule has 11 heteroatoms. The van der Waals surface area contributed by atoms with E-state index in [0.29, 0.717) is 15.7 Å². The number of aromatic nitrogens is 5. The minimum absolute atomic E-state index is 0.0623. The predicted molar refractivity (Wildman–Crippen MR) is 111 cm³/mol. The average Bonchev–Trinajstić information content (AvgIpc) is 3.40. The van der Waals surface area contributed by atoms with Crippen LogP contribution in [0.25, 0.3) is 11.4 Å². The Kier molecular flexibility index (Phi) is 6.08. The summed E-state index contributed by atoms with van der Waals surface area (Å²) < 4.78 is 47.4. The fourth-order valence-corrected chi connectivity index (χ4v) is 5.05. The summed E-state index contributed by atoms with van der Waals surface area (Å²) in [6.07, 6.45) is 2.71. The topological polar surface area (TPSA) is 76.7 Å². The van der Waals surface area contributed by atoms with E-state index in [1.807, 2.05) is 0 Å². The minimum Gasteiger partial charge on any atom is -0.382 e. The van der Waals surface area contributed by atoms with Gasteiger partial charge in [0.25, 0.3) is 0 Å². The van der Waals surface area contributed by atoms with Crippen LogP contribution in [0, 0.1) is 17.5 Å². The Hall–Kier alpha value is -2.76. The van der Waals surface area contributed by atoms with E-state index in [0.717, 1.165) is 23.7 Å². The molecular formula is C20H16F3N5OS2. The lowest BCUT2D eigenvalue weighted by Gasteiger charge is -2.33. The van der Waals surface area contributed by atoms with Gasteiger partial charge in [-0.1, -0.05) is 17.8 Å². The molecule has 2 aromatic heterocycles. The Morgan fingerprint density at radius 2 is 1.87 bits per heavy atom. The number of halogens is 3. The summed E-state index contributed by atoms with van der Waals surface area (Å²) in [6, 6.07) is 8.84. The molecule has 31 heavy (non-hydrogen) atoms. The molecule has 1 N–H and O–H groups in total. The van der Waals surface area contributed by atoms with Crippen molar-refractivity contribution < 1.29 is 18.3 Å². The Bertz CT molecular complexity index is 1170. The van der Waals surface area contributed by atoms with Crippen molar-refractivity contribution >= 4 is 23.3 Å². The van der Waals surface area contributed by atoms with Crippen molar-refractivity contribution in [3.63, 3.8) is 0 Å². The van der Waals surface area contributed by atoms with Crippen molar-refractivity contribution in [3.8, 4) is 11.4 Å². The van der Waals surface area contributed by atoms with Crippen LogP contribution in [-0.2, 0) is 12.1 Å². The van der Waals surface area contributed by atoms with Crippen molar-refractivity contribution in [2.24, 2.45) is 0 Å². The number of hydrogen-bond donors (Lipinski definition) is 1. The third-order valence-electron chi connectivity index (χ3n) is 4.73. The predicted octanol–water partition coefficient (Wildman–Crippen LogP) is 4.28. The van der Waals surface area contributed by atoms with Gasteiger partial charge in [-0.25, -0.2) is 27.8 Å². The fourth-order valence-electron chi connectivity index (χ4n) is 3.06. The van der Waals surface area contributed by atoms with Gasteiger partial charge in [0.1, 0.15) is 35.7 Å². The average molecular weight is 464 g/mol. The van der Waals surface area contributed by atoms with Crippen molar-refractivity contribution in [3.05, 3.63) is 78.1 Å². The first-order valence-electron chi connectivity index (χ1n) is 9.12. The number of thioether (sulfide) groups is 1. The maximum Gasteiger partial charge on any atom is 0.174 e. The normalized spacial score (nSPS) is 14.4. The number of nitrogens with zero attached hydrogens (tertiary/aromatic N) is 5. The molecule has 0 saturated heterocycles. The molecule has 0 bridgehead atoms. The zero-order valence-corrected chi connectivity index (χ0v) is 17.7.